The number of imide groups is 1. The van der Waals surface area contributed by atoms with Crippen LogP contribution in [0.25, 0.3) is 5.57 Å². The first-order chi connectivity index (χ1) is 16.4. The normalized spacial score (nSPS) is 13.6. The summed E-state index contributed by atoms with van der Waals surface area (Å²) >= 11 is 0. The van der Waals surface area contributed by atoms with Gasteiger partial charge in [-0.3, -0.25) is 14.5 Å². The second-order valence-corrected chi connectivity index (χ2v) is 8.81. The minimum absolute atomic E-state index is 0.219. The summed E-state index contributed by atoms with van der Waals surface area (Å²) in [4.78, 5) is 28.4. The predicted octanol–water partition coefficient (Wildman–Crippen LogP) is 5.79. The Morgan fingerprint density at radius 2 is 1.44 bits per heavy atom. The third kappa shape index (κ3) is 5.04. The average molecular weight is 455 g/mol. The van der Waals surface area contributed by atoms with E-state index in [1.807, 2.05) is 81.4 Å². The van der Waals surface area contributed by atoms with E-state index in [1.54, 1.807) is 0 Å². The first-order valence-electron chi connectivity index (χ1n) is 11.6. The summed E-state index contributed by atoms with van der Waals surface area (Å²) in [6.07, 6.45) is 0.915. The maximum Gasteiger partial charge on any atom is 0.278 e. The van der Waals surface area contributed by atoms with Crippen molar-refractivity contribution in [3.63, 3.8) is 0 Å². The molecule has 0 aromatic heterocycles. The molecule has 174 valence electrons. The van der Waals surface area contributed by atoms with Gasteiger partial charge in [0.1, 0.15) is 11.4 Å². The molecule has 0 spiro atoms. The Labute approximate surface area is 201 Å². The summed E-state index contributed by atoms with van der Waals surface area (Å²) in [5.74, 6) is 0.106. The second kappa shape index (κ2) is 9.96. The lowest BCUT2D eigenvalue weighted by Crippen LogP contribution is -2.32. The molecule has 1 aliphatic rings. The number of hydrogen-bond acceptors (Lipinski definition) is 4. The van der Waals surface area contributed by atoms with Crippen molar-refractivity contribution in [2.75, 3.05) is 11.9 Å². The topological polar surface area (TPSA) is 58.6 Å². The van der Waals surface area contributed by atoms with Gasteiger partial charge in [-0.1, -0.05) is 55.0 Å². The Balaban J connectivity index is 1.71. The quantitative estimate of drug-likeness (QED) is 0.438. The maximum absolute atomic E-state index is 13.6. The largest absolute Gasteiger partial charge is 0.494 e. The predicted molar refractivity (Wildman–Crippen MR) is 135 cm³/mol. The first kappa shape index (κ1) is 23.3. The van der Waals surface area contributed by atoms with Crippen LogP contribution in [0.5, 0.6) is 5.75 Å². The molecule has 0 atom stereocenters. The van der Waals surface area contributed by atoms with Gasteiger partial charge in [0.2, 0.25) is 0 Å². The first-order valence-corrected chi connectivity index (χ1v) is 11.6. The van der Waals surface area contributed by atoms with Crippen molar-refractivity contribution >= 4 is 23.1 Å². The number of aryl methyl sites for hydroxylation is 3. The molecule has 1 aliphatic heterocycles. The fourth-order valence-corrected chi connectivity index (χ4v) is 4.11. The van der Waals surface area contributed by atoms with Gasteiger partial charge in [0, 0.05) is 5.69 Å². The molecule has 0 radical (unpaired) electrons. The third-order valence-corrected chi connectivity index (χ3v) is 5.74. The van der Waals surface area contributed by atoms with E-state index in [2.05, 4.69) is 18.3 Å². The molecule has 5 heteroatoms. The number of hydrogen-bond donors (Lipinski definition) is 1. The lowest BCUT2D eigenvalue weighted by Gasteiger charge is -2.16. The second-order valence-electron chi connectivity index (χ2n) is 8.81. The van der Waals surface area contributed by atoms with Crippen LogP contribution in [-0.2, 0) is 16.1 Å². The van der Waals surface area contributed by atoms with Crippen molar-refractivity contribution in [1.82, 2.24) is 4.90 Å². The minimum atomic E-state index is -0.328. The van der Waals surface area contributed by atoms with E-state index in [4.69, 9.17) is 4.74 Å². The summed E-state index contributed by atoms with van der Waals surface area (Å²) in [5, 5.41) is 3.26. The van der Waals surface area contributed by atoms with Gasteiger partial charge in [0.05, 0.1) is 18.7 Å². The van der Waals surface area contributed by atoms with Crippen LogP contribution in [0.3, 0.4) is 0 Å². The zero-order valence-electron chi connectivity index (χ0n) is 20.1. The fourth-order valence-electron chi connectivity index (χ4n) is 4.11. The third-order valence-electron chi connectivity index (χ3n) is 5.74. The summed E-state index contributed by atoms with van der Waals surface area (Å²) < 4.78 is 5.69. The van der Waals surface area contributed by atoms with E-state index in [0.717, 1.165) is 40.1 Å². The van der Waals surface area contributed by atoms with Crippen molar-refractivity contribution in [3.8, 4) is 5.75 Å². The Hall–Kier alpha value is -3.86. The van der Waals surface area contributed by atoms with Crippen LogP contribution in [0, 0.1) is 20.8 Å². The van der Waals surface area contributed by atoms with Crippen LogP contribution in [0.4, 0.5) is 5.69 Å². The van der Waals surface area contributed by atoms with Gasteiger partial charge in [-0.25, -0.2) is 0 Å². The van der Waals surface area contributed by atoms with Crippen LogP contribution in [0.2, 0.25) is 0 Å². The molecule has 1 N–H and O–H groups in total. The minimum Gasteiger partial charge on any atom is -0.494 e. The highest BCUT2D eigenvalue weighted by Gasteiger charge is 2.39. The fraction of sp³-hybridized carbons (Fsp3) is 0.241. The van der Waals surface area contributed by atoms with Crippen LogP contribution >= 0.6 is 0 Å². The van der Waals surface area contributed by atoms with Crippen molar-refractivity contribution in [1.29, 1.82) is 0 Å². The van der Waals surface area contributed by atoms with Crippen molar-refractivity contribution < 1.29 is 14.3 Å². The molecule has 3 aromatic carbocycles. The summed E-state index contributed by atoms with van der Waals surface area (Å²) in [7, 11) is 0. The molecule has 34 heavy (non-hydrogen) atoms. The summed E-state index contributed by atoms with van der Waals surface area (Å²) in [6.45, 7) is 8.92. The average Bonchev–Trinajstić information content (AvgIpc) is 3.03. The summed E-state index contributed by atoms with van der Waals surface area (Å²) in [5.41, 5.74) is 6.33. The van der Waals surface area contributed by atoms with E-state index in [0.29, 0.717) is 23.4 Å². The zero-order valence-corrected chi connectivity index (χ0v) is 20.1. The molecular formula is C29H30N2O3. The highest BCUT2D eigenvalue weighted by atomic mass is 16.5. The number of benzene rings is 3. The standard InChI is InChI=1S/C29H30N2O3/c1-5-14-34-25-12-10-23(11-13-25)26-27(30-24-16-20(3)15-21(4)17-24)29(33)31(28(26)32)18-22-8-6-19(2)7-9-22/h6-13,15-17,30H,5,14,18H2,1-4H3. The molecular weight excluding hydrogens is 424 g/mol. The number of ether oxygens (including phenoxy) is 1. The number of carbonyl (C=O) groups is 2. The number of amides is 2. The van der Waals surface area contributed by atoms with E-state index in [1.165, 1.54) is 4.90 Å². The van der Waals surface area contributed by atoms with Gasteiger partial charge in [-0.05, 0) is 73.7 Å². The van der Waals surface area contributed by atoms with E-state index in [9.17, 15) is 9.59 Å². The molecule has 0 saturated heterocycles. The van der Waals surface area contributed by atoms with Crippen LogP contribution in [0.15, 0.2) is 72.4 Å². The van der Waals surface area contributed by atoms with Crippen LogP contribution in [0.1, 0.15) is 41.2 Å². The molecule has 0 unspecified atom stereocenters. The molecule has 2 amide bonds. The monoisotopic (exact) mass is 454 g/mol. The van der Waals surface area contributed by atoms with E-state index < -0.39 is 0 Å². The van der Waals surface area contributed by atoms with Gasteiger partial charge in [-0.15, -0.1) is 0 Å². The lowest BCUT2D eigenvalue weighted by atomic mass is 10.0. The van der Waals surface area contributed by atoms with E-state index >= 15 is 0 Å². The molecule has 0 bridgehead atoms. The lowest BCUT2D eigenvalue weighted by molar-refractivity contribution is -0.137. The highest BCUT2D eigenvalue weighted by molar-refractivity contribution is 6.36. The molecule has 0 aliphatic carbocycles. The smallest absolute Gasteiger partial charge is 0.278 e. The SMILES string of the molecule is CCCOc1ccc(C2=C(Nc3cc(C)cc(C)c3)C(=O)N(Cc3ccc(C)cc3)C2=O)cc1. The molecule has 1 heterocycles. The van der Waals surface area contributed by atoms with Crippen molar-refractivity contribution in [3.05, 3.63) is 100 Å². The molecule has 4 rings (SSSR count). The van der Waals surface area contributed by atoms with Crippen LogP contribution < -0.4 is 10.1 Å². The highest BCUT2D eigenvalue weighted by Crippen LogP contribution is 2.32. The van der Waals surface area contributed by atoms with E-state index in [-0.39, 0.29) is 18.4 Å². The van der Waals surface area contributed by atoms with Gasteiger partial charge in [-0.2, -0.15) is 0 Å². The maximum atomic E-state index is 13.6. The number of rotatable bonds is 8. The zero-order chi connectivity index (χ0) is 24.2. The Morgan fingerprint density at radius 3 is 2.06 bits per heavy atom. The molecule has 5 nitrogen and oxygen atoms in total. The van der Waals surface area contributed by atoms with Gasteiger partial charge in [0.15, 0.2) is 0 Å². The Kier molecular flexibility index (Phi) is 6.82. The Morgan fingerprint density at radius 1 is 0.794 bits per heavy atom. The number of nitrogens with one attached hydrogen (secondary N) is 1. The molecule has 0 fully saturated rings. The molecule has 0 saturated carbocycles. The Bertz CT molecular complexity index is 1220. The van der Waals surface area contributed by atoms with Crippen LogP contribution in [-0.4, -0.2) is 23.3 Å². The molecule has 3 aromatic rings. The summed E-state index contributed by atoms with van der Waals surface area (Å²) in [6, 6.07) is 21.2. The van der Waals surface area contributed by atoms with Gasteiger partial charge in [0.25, 0.3) is 11.8 Å². The van der Waals surface area contributed by atoms with Gasteiger partial charge >= 0.3 is 0 Å². The van der Waals surface area contributed by atoms with Crippen molar-refractivity contribution in [2.24, 2.45) is 0 Å². The number of nitrogens with zero attached hydrogens (tertiary/aromatic N) is 1. The number of carbonyl (C=O) groups excluding carboxylic acids is 2. The van der Waals surface area contributed by atoms with Gasteiger partial charge < -0.3 is 10.1 Å². The van der Waals surface area contributed by atoms with Crippen molar-refractivity contribution in [2.45, 2.75) is 40.7 Å². The number of anilines is 1.